The number of carboxylic acids is 1. The van der Waals surface area contributed by atoms with Crippen molar-refractivity contribution in [1.29, 1.82) is 0 Å². The van der Waals surface area contributed by atoms with E-state index in [4.69, 9.17) is 10.5 Å². The zero-order valence-electron chi connectivity index (χ0n) is 24.0. The Morgan fingerprint density at radius 3 is 2.57 bits per heavy atom. The molecule has 9 nitrogen and oxygen atoms in total. The fourth-order valence-electron chi connectivity index (χ4n) is 5.46. The number of carbonyl (C=O) groups is 3. The lowest BCUT2D eigenvalue weighted by Gasteiger charge is -2.18. The molecule has 0 aliphatic carbocycles. The summed E-state index contributed by atoms with van der Waals surface area (Å²) >= 11 is 1.56. The van der Waals surface area contributed by atoms with Crippen LogP contribution in [0.2, 0.25) is 0 Å². The molecule has 5 aromatic rings. The molecule has 44 heavy (non-hydrogen) atoms. The molecule has 0 radical (unpaired) electrons. The lowest BCUT2D eigenvalue weighted by atomic mass is 9.93. The number of anilines is 1. The number of rotatable bonds is 8. The number of aromatic carboxylic acids is 1. The van der Waals surface area contributed by atoms with Gasteiger partial charge in [-0.15, -0.1) is 11.3 Å². The largest absolute Gasteiger partial charge is 0.493 e. The van der Waals surface area contributed by atoms with Crippen molar-refractivity contribution in [3.05, 3.63) is 100 Å². The fourth-order valence-corrected chi connectivity index (χ4v) is 6.44. The van der Waals surface area contributed by atoms with Gasteiger partial charge in [-0.05, 0) is 64.7 Å². The van der Waals surface area contributed by atoms with E-state index >= 15 is 0 Å². The van der Waals surface area contributed by atoms with Gasteiger partial charge < -0.3 is 26.2 Å². The summed E-state index contributed by atoms with van der Waals surface area (Å²) in [6.45, 7) is 3.13. The maximum Gasteiger partial charge on any atom is 0.355 e. The lowest BCUT2D eigenvalue weighted by molar-refractivity contribution is 0.0691. The van der Waals surface area contributed by atoms with Crippen LogP contribution in [0.15, 0.2) is 72.1 Å². The number of hydrogen-bond acceptors (Lipinski definition) is 7. The van der Waals surface area contributed by atoms with Gasteiger partial charge >= 0.3 is 5.97 Å². The Labute approximate surface area is 257 Å². The first kappa shape index (κ1) is 29.0. The SMILES string of the molecule is CCCNC(=O)c1ccc(-c2cc3c(cc2C(=O)Nc2ccc(CN)c4ccccc24)-c2sccc2CCO3)c(C(=O)O)n1. The number of benzene rings is 3. The Morgan fingerprint density at radius 2 is 1.80 bits per heavy atom. The number of fused-ring (bicyclic) bond motifs is 4. The van der Waals surface area contributed by atoms with Gasteiger partial charge in [-0.3, -0.25) is 9.59 Å². The van der Waals surface area contributed by atoms with Crippen LogP contribution in [0.5, 0.6) is 5.75 Å². The molecule has 0 saturated heterocycles. The van der Waals surface area contributed by atoms with E-state index in [9.17, 15) is 19.5 Å². The third kappa shape index (κ3) is 5.41. The van der Waals surface area contributed by atoms with Crippen molar-refractivity contribution in [3.63, 3.8) is 0 Å². The highest BCUT2D eigenvalue weighted by Gasteiger charge is 2.27. The van der Waals surface area contributed by atoms with E-state index in [1.54, 1.807) is 23.5 Å². The van der Waals surface area contributed by atoms with Crippen molar-refractivity contribution in [2.45, 2.75) is 26.3 Å². The zero-order valence-corrected chi connectivity index (χ0v) is 24.8. The summed E-state index contributed by atoms with van der Waals surface area (Å²) in [5, 5.41) is 19.7. The van der Waals surface area contributed by atoms with E-state index in [2.05, 4.69) is 15.6 Å². The fraction of sp³-hybridized carbons (Fsp3) is 0.176. The minimum absolute atomic E-state index is 0.0219. The summed E-state index contributed by atoms with van der Waals surface area (Å²) in [6.07, 6.45) is 1.42. The van der Waals surface area contributed by atoms with Crippen molar-refractivity contribution in [1.82, 2.24) is 10.3 Å². The molecule has 0 unspecified atom stereocenters. The van der Waals surface area contributed by atoms with Gasteiger partial charge in [0.05, 0.1) is 6.61 Å². The van der Waals surface area contributed by atoms with E-state index in [0.29, 0.717) is 43.1 Å². The van der Waals surface area contributed by atoms with Crippen molar-refractivity contribution in [2.24, 2.45) is 5.73 Å². The van der Waals surface area contributed by atoms with Crippen molar-refractivity contribution in [2.75, 3.05) is 18.5 Å². The van der Waals surface area contributed by atoms with E-state index < -0.39 is 17.8 Å². The van der Waals surface area contributed by atoms with Crippen LogP contribution in [0, 0.1) is 0 Å². The van der Waals surface area contributed by atoms with Crippen LogP contribution < -0.4 is 21.1 Å². The second-order valence-corrected chi connectivity index (χ2v) is 11.3. The first-order chi connectivity index (χ1) is 21.4. The van der Waals surface area contributed by atoms with Crippen LogP contribution in [-0.4, -0.2) is 41.0 Å². The average molecular weight is 607 g/mol. The number of nitrogens with one attached hydrogen (secondary N) is 2. The van der Waals surface area contributed by atoms with Crippen molar-refractivity contribution in [3.8, 4) is 27.3 Å². The molecule has 1 aliphatic heterocycles. The molecule has 3 aromatic carbocycles. The number of amides is 2. The first-order valence-electron chi connectivity index (χ1n) is 14.3. The normalized spacial score (nSPS) is 12.0. The van der Waals surface area contributed by atoms with Crippen molar-refractivity contribution >= 4 is 45.6 Å². The lowest BCUT2D eigenvalue weighted by Crippen LogP contribution is -2.25. The van der Waals surface area contributed by atoms with Gasteiger partial charge in [-0.1, -0.05) is 37.3 Å². The Hall–Kier alpha value is -5.06. The highest BCUT2D eigenvalue weighted by atomic mass is 32.1. The predicted molar refractivity (Wildman–Crippen MR) is 172 cm³/mol. The van der Waals surface area contributed by atoms with Gasteiger partial charge in [-0.25, -0.2) is 9.78 Å². The Bertz CT molecular complexity index is 1930. The maximum absolute atomic E-state index is 14.2. The number of pyridine rings is 1. The molecule has 222 valence electrons. The molecule has 5 N–H and O–H groups in total. The highest BCUT2D eigenvalue weighted by Crippen LogP contribution is 2.43. The molecular formula is C34H30N4O5S. The van der Waals surface area contributed by atoms with Gasteiger partial charge in [0.25, 0.3) is 11.8 Å². The summed E-state index contributed by atoms with van der Waals surface area (Å²) in [7, 11) is 0. The summed E-state index contributed by atoms with van der Waals surface area (Å²) in [6, 6.07) is 19.9. The van der Waals surface area contributed by atoms with Gasteiger partial charge in [0, 0.05) is 57.7 Å². The quantitative estimate of drug-likeness (QED) is 0.167. The van der Waals surface area contributed by atoms with Gasteiger partial charge in [0.15, 0.2) is 5.69 Å². The summed E-state index contributed by atoms with van der Waals surface area (Å²) in [5.74, 6) is -1.69. The molecule has 0 atom stereocenters. The summed E-state index contributed by atoms with van der Waals surface area (Å²) in [5.41, 5.74) is 9.78. The third-order valence-electron chi connectivity index (χ3n) is 7.62. The van der Waals surface area contributed by atoms with Gasteiger partial charge in [0.2, 0.25) is 0 Å². The number of nitrogens with two attached hydrogens (primary N) is 1. The summed E-state index contributed by atoms with van der Waals surface area (Å²) in [4.78, 5) is 44.5. The number of carboxylic acid groups (broad SMARTS) is 1. The maximum atomic E-state index is 14.2. The van der Waals surface area contributed by atoms with E-state index in [1.165, 1.54) is 12.1 Å². The van der Waals surface area contributed by atoms with Crippen LogP contribution in [0.25, 0.3) is 32.3 Å². The van der Waals surface area contributed by atoms with Crippen LogP contribution in [0.4, 0.5) is 5.69 Å². The van der Waals surface area contributed by atoms with Crippen LogP contribution in [0.3, 0.4) is 0 Å². The van der Waals surface area contributed by atoms with E-state index in [0.717, 1.165) is 38.8 Å². The first-order valence-corrected chi connectivity index (χ1v) is 15.2. The van der Waals surface area contributed by atoms with E-state index in [1.807, 2.05) is 54.8 Å². The molecule has 6 rings (SSSR count). The van der Waals surface area contributed by atoms with E-state index in [-0.39, 0.29) is 22.5 Å². The van der Waals surface area contributed by atoms with Crippen LogP contribution >= 0.6 is 11.3 Å². The smallest absolute Gasteiger partial charge is 0.355 e. The average Bonchev–Trinajstić information content (AvgIpc) is 3.44. The summed E-state index contributed by atoms with van der Waals surface area (Å²) < 4.78 is 6.13. The van der Waals surface area contributed by atoms with Crippen LogP contribution in [0.1, 0.15) is 55.8 Å². The number of thiophene rings is 1. The molecule has 0 saturated carbocycles. The standard InChI is InChI=1S/C34H30N4O5S/c1-2-13-36-33(40)28-10-8-23(30(37-28)34(41)42)24-17-29-26(31-19(11-14-43-29)12-15-44-31)16-25(24)32(39)38-27-9-7-20(18-35)21-5-3-4-6-22(21)27/h3-10,12,15-17H,2,11,13-14,18,35H2,1H3,(H,36,40)(H,38,39)(H,41,42). The van der Waals surface area contributed by atoms with Crippen LogP contribution in [-0.2, 0) is 13.0 Å². The molecule has 10 heteroatoms. The molecule has 0 bridgehead atoms. The Balaban J connectivity index is 1.52. The third-order valence-corrected chi connectivity index (χ3v) is 8.61. The molecule has 3 heterocycles. The monoisotopic (exact) mass is 606 g/mol. The molecule has 0 fully saturated rings. The number of hydrogen-bond donors (Lipinski definition) is 4. The number of carbonyl (C=O) groups excluding carboxylic acids is 2. The number of aromatic nitrogens is 1. The Morgan fingerprint density at radius 1 is 0.977 bits per heavy atom. The highest BCUT2D eigenvalue weighted by molar-refractivity contribution is 7.13. The number of nitrogens with zero attached hydrogens (tertiary/aromatic N) is 1. The molecule has 1 aliphatic rings. The molecular weight excluding hydrogens is 576 g/mol. The second-order valence-electron chi connectivity index (χ2n) is 10.4. The van der Waals surface area contributed by atoms with Crippen molar-refractivity contribution < 1.29 is 24.2 Å². The second kappa shape index (κ2) is 12.3. The molecule has 2 amide bonds. The molecule has 0 spiro atoms. The zero-order chi connectivity index (χ0) is 30.8. The topological polar surface area (TPSA) is 144 Å². The number of ether oxygens (including phenoxy) is 1. The Kier molecular flexibility index (Phi) is 8.10. The van der Waals surface area contributed by atoms with Gasteiger partial charge in [0.1, 0.15) is 11.4 Å². The van der Waals surface area contributed by atoms with Gasteiger partial charge in [-0.2, -0.15) is 0 Å². The molecule has 2 aromatic heterocycles. The predicted octanol–water partition coefficient (Wildman–Crippen LogP) is 6.11. The minimum atomic E-state index is -1.32. The minimum Gasteiger partial charge on any atom is -0.493 e.